The molecule has 2 aromatic carbocycles. The lowest BCUT2D eigenvalue weighted by atomic mass is 9.89. The summed E-state index contributed by atoms with van der Waals surface area (Å²) in [4.78, 5) is 2.30. The van der Waals surface area contributed by atoms with Crippen molar-refractivity contribution in [2.45, 2.75) is 31.5 Å². The third kappa shape index (κ3) is 5.70. The predicted octanol–water partition coefficient (Wildman–Crippen LogP) is 3.16. The van der Waals surface area contributed by atoms with E-state index in [0.29, 0.717) is 31.4 Å². The van der Waals surface area contributed by atoms with E-state index in [1.807, 2.05) is 36.4 Å². The monoisotopic (exact) mass is 371 g/mol. The number of piperidine rings is 1. The van der Waals surface area contributed by atoms with Crippen molar-refractivity contribution in [1.29, 1.82) is 0 Å². The van der Waals surface area contributed by atoms with Gasteiger partial charge in [0.1, 0.15) is 11.5 Å². The van der Waals surface area contributed by atoms with Gasteiger partial charge in [-0.3, -0.25) is 0 Å². The van der Waals surface area contributed by atoms with Crippen LogP contribution < -0.4 is 4.74 Å². The fourth-order valence-corrected chi connectivity index (χ4v) is 3.67. The van der Waals surface area contributed by atoms with Crippen LogP contribution >= 0.6 is 0 Å². The molecule has 2 N–H and O–H groups in total. The third-order valence-electron chi connectivity index (χ3n) is 5.18. The number of hydrogen-bond acceptors (Lipinski definition) is 5. The maximum atomic E-state index is 10.3. The van der Waals surface area contributed by atoms with Gasteiger partial charge in [-0.1, -0.05) is 30.3 Å². The van der Waals surface area contributed by atoms with Gasteiger partial charge in [0, 0.05) is 12.1 Å². The minimum absolute atomic E-state index is 0.312. The van der Waals surface area contributed by atoms with Gasteiger partial charge in [-0.25, -0.2) is 0 Å². The van der Waals surface area contributed by atoms with Crippen LogP contribution in [-0.4, -0.2) is 54.6 Å². The van der Waals surface area contributed by atoms with Crippen LogP contribution in [0.5, 0.6) is 11.5 Å². The molecule has 1 atom stereocenters. The standard InChI is InChI=1S/C22H29NO4/c1-26-22-5-3-2-4-19(22)15-27-16-21(25)14-23-12-10-18(11-13-23)17-6-8-20(24)9-7-17/h2-9,18,21,24-25H,10-16H2,1H3. The first kappa shape index (κ1) is 19.7. The van der Waals surface area contributed by atoms with Crippen molar-refractivity contribution in [3.8, 4) is 11.5 Å². The molecule has 5 nitrogen and oxygen atoms in total. The molecule has 0 bridgehead atoms. The van der Waals surface area contributed by atoms with E-state index in [4.69, 9.17) is 9.47 Å². The zero-order valence-electron chi connectivity index (χ0n) is 15.9. The normalized spacial score (nSPS) is 17.0. The van der Waals surface area contributed by atoms with Gasteiger partial charge in [0.2, 0.25) is 0 Å². The second-order valence-electron chi connectivity index (χ2n) is 7.15. The molecule has 0 spiro atoms. The second kappa shape index (κ2) is 9.74. The molecule has 0 aliphatic carbocycles. The molecule has 1 fully saturated rings. The topological polar surface area (TPSA) is 62.2 Å². The molecule has 5 heteroatoms. The molecular weight excluding hydrogens is 342 g/mol. The summed E-state index contributed by atoms with van der Waals surface area (Å²) in [6.45, 7) is 3.32. The number of likely N-dealkylation sites (tertiary alicyclic amines) is 1. The molecule has 1 saturated heterocycles. The van der Waals surface area contributed by atoms with E-state index in [1.54, 1.807) is 19.2 Å². The Morgan fingerprint density at radius 1 is 1.07 bits per heavy atom. The number of hydrogen-bond donors (Lipinski definition) is 2. The molecule has 0 radical (unpaired) electrons. The fraction of sp³-hybridized carbons (Fsp3) is 0.455. The Bertz CT molecular complexity index is 696. The summed E-state index contributed by atoms with van der Waals surface area (Å²) in [6, 6.07) is 15.3. The molecule has 1 aliphatic heterocycles. The summed E-state index contributed by atoms with van der Waals surface area (Å²) < 4.78 is 11.0. The maximum absolute atomic E-state index is 10.3. The van der Waals surface area contributed by atoms with E-state index in [2.05, 4.69) is 4.90 Å². The summed E-state index contributed by atoms with van der Waals surface area (Å²) >= 11 is 0. The van der Waals surface area contributed by atoms with Gasteiger partial charge in [0.25, 0.3) is 0 Å². The highest BCUT2D eigenvalue weighted by Crippen LogP contribution is 2.29. The van der Waals surface area contributed by atoms with Gasteiger partial charge in [-0.15, -0.1) is 0 Å². The Hall–Kier alpha value is -2.08. The number of methoxy groups -OCH3 is 1. The Kier molecular flexibility index (Phi) is 7.10. The number of phenolic OH excluding ortho intramolecular Hbond substituents is 1. The van der Waals surface area contributed by atoms with Gasteiger partial charge in [0.05, 0.1) is 26.4 Å². The molecule has 1 aliphatic rings. The van der Waals surface area contributed by atoms with Gasteiger partial charge in [-0.2, -0.15) is 0 Å². The van der Waals surface area contributed by atoms with Gasteiger partial charge >= 0.3 is 0 Å². The number of ether oxygens (including phenoxy) is 2. The first-order valence-electron chi connectivity index (χ1n) is 9.54. The number of nitrogens with zero attached hydrogens (tertiary/aromatic N) is 1. The first-order chi connectivity index (χ1) is 13.2. The SMILES string of the molecule is COc1ccccc1COCC(O)CN1CCC(c2ccc(O)cc2)CC1. The van der Waals surface area contributed by atoms with Crippen LogP contribution in [0.25, 0.3) is 0 Å². The molecule has 1 heterocycles. The zero-order chi connectivity index (χ0) is 19.1. The van der Waals surface area contributed by atoms with Crippen molar-refractivity contribution < 1.29 is 19.7 Å². The fourth-order valence-electron chi connectivity index (χ4n) is 3.67. The van der Waals surface area contributed by atoms with E-state index in [1.165, 1.54) is 5.56 Å². The van der Waals surface area contributed by atoms with E-state index >= 15 is 0 Å². The van der Waals surface area contributed by atoms with Crippen molar-refractivity contribution >= 4 is 0 Å². The third-order valence-corrected chi connectivity index (χ3v) is 5.18. The van der Waals surface area contributed by atoms with Crippen molar-refractivity contribution in [2.75, 3.05) is 33.4 Å². The van der Waals surface area contributed by atoms with Gasteiger partial charge in [0.15, 0.2) is 0 Å². The smallest absolute Gasteiger partial charge is 0.124 e. The number of aliphatic hydroxyl groups excluding tert-OH is 1. The summed E-state index contributed by atoms with van der Waals surface area (Å²) in [5, 5.41) is 19.7. The minimum Gasteiger partial charge on any atom is -0.508 e. The quantitative estimate of drug-likeness (QED) is 0.746. The van der Waals surface area contributed by atoms with Crippen molar-refractivity contribution in [3.05, 3.63) is 59.7 Å². The zero-order valence-corrected chi connectivity index (χ0v) is 15.9. The van der Waals surface area contributed by atoms with Crippen LogP contribution in [0.1, 0.15) is 29.9 Å². The highest BCUT2D eigenvalue weighted by Gasteiger charge is 2.22. The van der Waals surface area contributed by atoms with Crippen LogP contribution in [0.4, 0.5) is 0 Å². The largest absolute Gasteiger partial charge is 0.508 e. The molecule has 1 unspecified atom stereocenters. The van der Waals surface area contributed by atoms with Gasteiger partial charge in [-0.05, 0) is 55.6 Å². The highest BCUT2D eigenvalue weighted by atomic mass is 16.5. The van der Waals surface area contributed by atoms with Crippen LogP contribution in [0.2, 0.25) is 0 Å². The minimum atomic E-state index is -0.495. The summed E-state index contributed by atoms with van der Waals surface area (Å²) in [5.74, 6) is 1.65. The Morgan fingerprint density at radius 2 is 1.78 bits per heavy atom. The van der Waals surface area contributed by atoms with E-state index in [9.17, 15) is 10.2 Å². The number of aromatic hydroxyl groups is 1. The highest BCUT2D eigenvalue weighted by molar-refractivity contribution is 5.32. The molecule has 3 rings (SSSR count). The van der Waals surface area contributed by atoms with Crippen LogP contribution in [-0.2, 0) is 11.3 Å². The number of aliphatic hydroxyl groups is 1. The molecular formula is C22H29NO4. The second-order valence-corrected chi connectivity index (χ2v) is 7.15. The summed E-state index contributed by atoms with van der Waals surface area (Å²) in [7, 11) is 1.65. The average molecular weight is 371 g/mol. The number of benzene rings is 2. The van der Waals surface area contributed by atoms with E-state index < -0.39 is 6.10 Å². The lowest BCUT2D eigenvalue weighted by Gasteiger charge is -2.33. The number of phenols is 1. The van der Waals surface area contributed by atoms with Crippen LogP contribution in [0.15, 0.2) is 48.5 Å². The Morgan fingerprint density at radius 3 is 2.48 bits per heavy atom. The molecule has 2 aromatic rings. The summed E-state index contributed by atoms with van der Waals surface area (Å²) in [6.07, 6.45) is 1.64. The van der Waals surface area contributed by atoms with Crippen molar-refractivity contribution in [3.63, 3.8) is 0 Å². The first-order valence-corrected chi connectivity index (χ1v) is 9.54. The van der Waals surface area contributed by atoms with E-state index in [0.717, 1.165) is 37.2 Å². The molecule has 27 heavy (non-hydrogen) atoms. The Labute approximate surface area is 161 Å². The lowest BCUT2D eigenvalue weighted by molar-refractivity contribution is 0.00576. The van der Waals surface area contributed by atoms with Crippen LogP contribution in [0, 0.1) is 0 Å². The van der Waals surface area contributed by atoms with Crippen molar-refractivity contribution in [1.82, 2.24) is 4.90 Å². The van der Waals surface area contributed by atoms with Gasteiger partial charge < -0.3 is 24.6 Å². The predicted molar refractivity (Wildman–Crippen MR) is 105 cm³/mol. The van der Waals surface area contributed by atoms with E-state index in [-0.39, 0.29) is 0 Å². The molecule has 0 saturated carbocycles. The number of rotatable bonds is 8. The Balaban J connectivity index is 1.38. The van der Waals surface area contributed by atoms with Crippen LogP contribution in [0.3, 0.4) is 0 Å². The summed E-state index contributed by atoms with van der Waals surface area (Å²) in [5.41, 5.74) is 2.27. The number of β-amino-alcohol motifs (C(OH)–C–C–N with tert-alkyl or cyclic N) is 1. The molecule has 146 valence electrons. The van der Waals surface area contributed by atoms with Crippen molar-refractivity contribution in [2.24, 2.45) is 0 Å². The molecule has 0 amide bonds. The number of para-hydroxylation sites is 1. The molecule has 0 aromatic heterocycles. The maximum Gasteiger partial charge on any atom is 0.124 e. The lowest BCUT2D eigenvalue weighted by Crippen LogP contribution is -2.39. The average Bonchev–Trinajstić information content (AvgIpc) is 2.69.